The maximum atomic E-state index is 13.0. The summed E-state index contributed by atoms with van der Waals surface area (Å²) in [4.78, 5) is 38.5. The van der Waals surface area contributed by atoms with Gasteiger partial charge in [-0.05, 0) is 83.5 Å². The fraction of sp³-hybridized carbons (Fsp3) is 0.829. The second-order valence-electron chi connectivity index (χ2n) is 24.5. The minimum atomic E-state index is -0.783. The molecule has 6 nitrogen and oxygen atoms in total. The van der Waals surface area contributed by atoms with Gasteiger partial charge < -0.3 is 14.2 Å². The van der Waals surface area contributed by atoms with Crippen LogP contribution in [0.15, 0.2) is 60.8 Å². The predicted molar refractivity (Wildman–Crippen MR) is 358 cm³/mol. The third-order valence-corrected chi connectivity index (χ3v) is 16.3. The molecule has 0 N–H and O–H groups in total. The van der Waals surface area contributed by atoms with Crippen molar-refractivity contribution in [3.63, 3.8) is 0 Å². The van der Waals surface area contributed by atoms with Crippen molar-refractivity contribution in [3.8, 4) is 0 Å². The maximum absolute atomic E-state index is 13.0. The van der Waals surface area contributed by atoms with E-state index in [1.54, 1.807) is 0 Å². The van der Waals surface area contributed by atoms with Crippen molar-refractivity contribution in [1.29, 1.82) is 0 Å². The SMILES string of the molecule is CC/C=C\C/C=C\C/C=C\C/C=C\CCCCCCCCCCC(=O)OC(COC(=O)CCCCCCC/C=C\CCCCCCCC)COC(=O)CCCCCCCCCCCCCCCCCCCCCCCCCCCCCC. The highest BCUT2D eigenvalue weighted by atomic mass is 16.6. The molecule has 0 rings (SSSR count). The molecule has 478 valence electrons. The molecule has 0 bridgehead atoms. The van der Waals surface area contributed by atoms with Crippen LogP contribution in [0.3, 0.4) is 0 Å². The van der Waals surface area contributed by atoms with Gasteiger partial charge in [0.1, 0.15) is 13.2 Å². The van der Waals surface area contributed by atoms with Gasteiger partial charge in [-0.1, -0.05) is 345 Å². The quantitative estimate of drug-likeness (QED) is 0.0261. The summed E-state index contributed by atoms with van der Waals surface area (Å²) in [5, 5.41) is 0. The van der Waals surface area contributed by atoms with Gasteiger partial charge in [0.05, 0.1) is 0 Å². The Hall–Kier alpha value is -2.89. The van der Waals surface area contributed by atoms with Crippen LogP contribution in [0.4, 0.5) is 0 Å². The average Bonchev–Trinajstić information content (AvgIpc) is 3.47. The molecule has 0 aromatic carbocycles. The molecule has 0 aliphatic rings. The van der Waals surface area contributed by atoms with Gasteiger partial charge in [-0.25, -0.2) is 0 Å². The van der Waals surface area contributed by atoms with E-state index in [0.717, 1.165) is 96.3 Å². The van der Waals surface area contributed by atoms with Crippen LogP contribution in [0, 0.1) is 0 Å². The summed E-state index contributed by atoms with van der Waals surface area (Å²) >= 11 is 0. The molecule has 0 aliphatic carbocycles. The van der Waals surface area contributed by atoms with Gasteiger partial charge in [0.15, 0.2) is 6.10 Å². The second kappa shape index (κ2) is 70.6. The van der Waals surface area contributed by atoms with Crippen LogP contribution in [0.1, 0.15) is 387 Å². The first kappa shape index (κ1) is 79.1. The van der Waals surface area contributed by atoms with Gasteiger partial charge in [0.25, 0.3) is 0 Å². The van der Waals surface area contributed by atoms with Crippen LogP contribution in [0.25, 0.3) is 0 Å². The zero-order valence-corrected chi connectivity index (χ0v) is 55.0. The Balaban J connectivity index is 4.25. The number of esters is 3. The lowest BCUT2D eigenvalue weighted by Gasteiger charge is -2.18. The van der Waals surface area contributed by atoms with Crippen molar-refractivity contribution in [2.75, 3.05) is 13.2 Å². The van der Waals surface area contributed by atoms with Crippen LogP contribution in [0.2, 0.25) is 0 Å². The Morgan fingerprint density at radius 1 is 0.256 bits per heavy atom. The number of hydrogen-bond acceptors (Lipinski definition) is 6. The molecule has 0 heterocycles. The zero-order chi connectivity index (χ0) is 59.2. The molecular formula is C76H138O6. The Morgan fingerprint density at radius 3 is 0.756 bits per heavy atom. The summed E-state index contributed by atoms with van der Waals surface area (Å²) in [6.07, 6.45) is 91.2. The monoisotopic (exact) mass is 1150 g/mol. The van der Waals surface area contributed by atoms with E-state index in [-0.39, 0.29) is 31.1 Å². The second-order valence-corrected chi connectivity index (χ2v) is 24.5. The van der Waals surface area contributed by atoms with Crippen LogP contribution < -0.4 is 0 Å². The van der Waals surface area contributed by atoms with E-state index in [1.807, 2.05) is 0 Å². The number of carbonyl (C=O) groups is 3. The molecule has 0 saturated carbocycles. The van der Waals surface area contributed by atoms with E-state index in [2.05, 4.69) is 81.5 Å². The van der Waals surface area contributed by atoms with Gasteiger partial charge in [0, 0.05) is 19.3 Å². The van der Waals surface area contributed by atoms with E-state index in [4.69, 9.17) is 14.2 Å². The first-order valence-electron chi connectivity index (χ1n) is 36.3. The summed E-state index contributed by atoms with van der Waals surface area (Å²) < 4.78 is 17.0. The summed E-state index contributed by atoms with van der Waals surface area (Å²) in [6, 6.07) is 0. The minimum absolute atomic E-state index is 0.0763. The van der Waals surface area contributed by atoms with Gasteiger partial charge in [0.2, 0.25) is 0 Å². The van der Waals surface area contributed by atoms with Crippen LogP contribution in [-0.4, -0.2) is 37.2 Å². The van der Waals surface area contributed by atoms with E-state index in [9.17, 15) is 14.4 Å². The van der Waals surface area contributed by atoms with Crippen molar-refractivity contribution in [2.45, 2.75) is 393 Å². The molecule has 0 aliphatic heterocycles. The van der Waals surface area contributed by atoms with Gasteiger partial charge in [-0.15, -0.1) is 0 Å². The smallest absolute Gasteiger partial charge is 0.306 e. The third-order valence-electron chi connectivity index (χ3n) is 16.3. The number of rotatable bonds is 67. The molecule has 0 fully saturated rings. The molecule has 0 aromatic heterocycles. The van der Waals surface area contributed by atoms with Gasteiger partial charge >= 0.3 is 17.9 Å². The van der Waals surface area contributed by atoms with E-state index in [1.165, 1.54) is 250 Å². The molecular weight excluding hydrogens is 1010 g/mol. The van der Waals surface area contributed by atoms with E-state index < -0.39 is 6.10 Å². The Morgan fingerprint density at radius 2 is 0.476 bits per heavy atom. The molecule has 6 heteroatoms. The highest BCUT2D eigenvalue weighted by molar-refractivity contribution is 5.71. The summed E-state index contributed by atoms with van der Waals surface area (Å²) in [6.45, 7) is 6.58. The number of hydrogen-bond donors (Lipinski definition) is 0. The van der Waals surface area contributed by atoms with Gasteiger partial charge in [-0.3, -0.25) is 14.4 Å². The summed E-state index contributed by atoms with van der Waals surface area (Å²) in [5.41, 5.74) is 0. The first-order chi connectivity index (χ1) is 40.5. The Labute approximate surface area is 510 Å². The number of allylic oxidation sites excluding steroid dienone is 10. The zero-order valence-electron chi connectivity index (χ0n) is 55.0. The molecule has 1 atom stereocenters. The molecule has 82 heavy (non-hydrogen) atoms. The first-order valence-corrected chi connectivity index (χ1v) is 36.3. The van der Waals surface area contributed by atoms with Crippen LogP contribution >= 0.6 is 0 Å². The van der Waals surface area contributed by atoms with E-state index in [0.29, 0.717) is 19.3 Å². The van der Waals surface area contributed by atoms with Crippen LogP contribution in [-0.2, 0) is 28.6 Å². The third kappa shape index (κ3) is 67.9. The number of carbonyl (C=O) groups excluding carboxylic acids is 3. The topological polar surface area (TPSA) is 78.9 Å². The molecule has 0 spiro atoms. The van der Waals surface area contributed by atoms with Crippen molar-refractivity contribution < 1.29 is 28.6 Å². The molecule has 0 aromatic rings. The lowest BCUT2D eigenvalue weighted by atomic mass is 10.0. The summed E-state index contributed by atoms with van der Waals surface area (Å²) in [5.74, 6) is -0.869. The largest absolute Gasteiger partial charge is 0.462 e. The predicted octanol–water partition coefficient (Wildman–Crippen LogP) is 25.1. The lowest BCUT2D eigenvalue weighted by Crippen LogP contribution is -2.30. The Bertz CT molecular complexity index is 1460. The number of unbranched alkanes of at least 4 members (excludes halogenated alkanes) is 46. The van der Waals surface area contributed by atoms with E-state index >= 15 is 0 Å². The summed E-state index contributed by atoms with van der Waals surface area (Å²) in [7, 11) is 0. The van der Waals surface area contributed by atoms with Crippen LogP contribution in [0.5, 0.6) is 0 Å². The fourth-order valence-corrected chi connectivity index (χ4v) is 10.8. The van der Waals surface area contributed by atoms with Crippen molar-refractivity contribution in [3.05, 3.63) is 60.8 Å². The molecule has 1 unspecified atom stereocenters. The van der Waals surface area contributed by atoms with Gasteiger partial charge in [-0.2, -0.15) is 0 Å². The minimum Gasteiger partial charge on any atom is -0.462 e. The number of ether oxygens (including phenoxy) is 3. The highest BCUT2D eigenvalue weighted by Gasteiger charge is 2.19. The highest BCUT2D eigenvalue weighted by Crippen LogP contribution is 2.19. The fourth-order valence-electron chi connectivity index (χ4n) is 10.8. The molecule has 0 radical (unpaired) electrons. The molecule has 0 amide bonds. The van der Waals surface area contributed by atoms with Crippen molar-refractivity contribution >= 4 is 17.9 Å². The standard InChI is InChI=1S/C76H138O6/c1-4-7-10-13-16-19-22-25-28-30-32-34-35-36-37-38-39-40-42-43-45-48-51-54-57-60-63-66-69-75(78)81-72-73(71-80-74(77)68-65-62-59-56-53-50-47-27-24-21-18-15-12-9-6-3)82-76(79)70-67-64-61-58-55-52-49-46-44-41-33-31-29-26-23-20-17-14-11-8-5-2/h8,11,17,20,26-27,29,33,41,47,73H,4-7,9-10,12-16,18-19,21-25,28,30-32,34-40,42-46,48-72H2,1-3H3/b11-8-,20-17-,29-26-,41-33-,47-27-. The lowest BCUT2D eigenvalue weighted by molar-refractivity contribution is -0.167. The average molecular weight is 1150 g/mol. The van der Waals surface area contributed by atoms with Crippen molar-refractivity contribution in [1.82, 2.24) is 0 Å². The normalized spacial score (nSPS) is 12.4. The Kier molecular flexibility index (Phi) is 68.1. The van der Waals surface area contributed by atoms with Crippen molar-refractivity contribution in [2.24, 2.45) is 0 Å². The maximum Gasteiger partial charge on any atom is 0.306 e. The molecule has 0 saturated heterocycles.